The molecule has 0 spiro atoms. The number of fused-ring (bicyclic) bond motifs is 3. The fraction of sp³-hybridized carbons (Fsp3) is 0.368. The molecule has 3 aliphatic rings. The third-order valence-electron chi connectivity index (χ3n) is 10.5. The molecule has 0 bridgehead atoms. The van der Waals surface area contributed by atoms with Gasteiger partial charge in [-0.25, -0.2) is 23.1 Å². The van der Waals surface area contributed by atoms with Gasteiger partial charge in [-0.15, -0.1) is 0 Å². The van der Waals surface area contributed by atoms with E-state index in [-0.39, 0.29) is 54.0 Å². The number of likely N-dealkylation sites (tertiary alicyclic amines) is 1. The van der Waals surface area contributed by atoms with E-state index in [1.165, 1.54) is 17.2 Å². The van der Waals surface area contributed by atoms with E-state index >= 15 is 8.78 Å². The third kappa shape index (κ3) is 6.19. The average molecular weight is 729 g/mol. The van der Waals surface area contributed by atoms with Gasteiger partial charge in [0.15, 0.2) is 5.82 Å². The van der Waals surface area contributed by atoms with Crippen molar-refractivity contribution in [3.05, 3.63) is 83.3 Å². The number of hydrogen-bond donors (Lipinski definition) is 0. The number of ether oxygens (including phenoxy) is 1. The number of carbonyl (C=O) groups is 1. The normalized spacial score (nSPS) is 23.3. The standard InChI is InChI=1S/C38H36ClF3N8O2/c1-22-43-14-12-25(45-22)10-11-31(51)49-19-29(41)30(20-49)48(2)36-27-17-44-34(26-8-3-6-23-7-4-9-28(39)32(23)26)33(42)35(27)46-37(47-36)52-21-38-13-5-15-50(38)18-24(40)16-38/h3-4,6-12,14,17,24,29-30H,5,13,15-16,18-21H2,1-2H3/b11-10+/t24-,29-,30-,38+/m1/s1. The molecular formula is C38H36ClF3N8O2. The molecule has 0 N–H and O–H groups in total. The van der Waals surface area contributed by atoms with Crippen LogP contribution in [0.15, 0.2) is 60.9 Å². The highest BCUT2D eigenvalue weighted by Gasteiger charge is 2.49. The van der Waals surface area contributed by atoms with Crippen LogP contribution in [0.3, 0.4) is 0 Å². The van der Waals surface area contributed by atoms with Gasteiger partial charge in [0, 0.05) is 61.0 Å². The van der Waals surface area contributed by atoms with Crippen LogP contribution in [-0.2, 0) is 4.79 Å². The zero-order valence-corrected chi connectivity index (χ0v) is 29.4. The van der Waals surface area contributed by atoms with Crippen molar-refractivity contribution < 1.29 is 22.7 Å². The van der Waals surface area contributed by atoms with Gasteiger partial charge in [0.2, 0.25) is 5.91 Å². The summed E-state index contributed by atoms with van der Waals surface area (Å²) in [5.41, 5.74) is 0.511. The maximum absolute atomic E-state index is 16.8. The Kier molecular flexibility index (Phi) is 8.94. The van der Waals surface area contributed by atoms with Crippen LogP contribution in [0.5, 0.6) is 6.01 Å². The smallest absolute Gasteiger partial charge is 0.319 e. The molecular weight excluding hydrogens is 693 g/mol. The van der Waals surface area contributed by atoms with Gasteiger partial charge in [-0.3, -0.25) is 14.7 Å². The molecule has 3 saturated heterocycles. The zero-order chi connectivity index (χ0) is 36.1. The molecule has 4 atom stereocenters. The molecule has 52 heavy (non-hydrogen) atoms. The van der Waals surface area contributed by atoms with Gasteiger partial charge in [-0.1, -0.05) is 41.9 Å². The molecule has 3 aliphatic heterocycles. The molecule has 0 saturated carbocycles. The van der Waals surface area contributed by atoms with Crippen LogP contribution < -0.4 is 9.64 Å². The van der Waals surface area contributed by atoms with Crippen LogP contribution in [0.4, 0.5) is 19.0 Å². The van der Waals surface area contributed by atoms with Crippen molar-refractivity contribution in [1.82, 2.24) is 34.7 Å². The number of pyridine rings is 1. The number of benzene rings is 2. The quantitative estimate of drug-likeness (QED) is 0.168. The summed E-state index contributed by atoms with van der Waals surface area (Å²) in [4.78, 5) is 40.4. The van der Waals surface area contributed by atoms with E-state index in [0.717, 1.165) is 24.8 Å². The molecule has 6 heterocycles. The van der Waals surface area contributed by atoms with Gasteiger partial charge in [0.25, 0.3) is 0 Å². The summed E-state index contributed by atoms with van der Waals surface area (Å²) in [7, 11) is 1.65. The third-order valence-corrected chi connectivity index (χ3v) is 10.9. The van der Waals surface area contributed by atoms with Crippen LogP contribution in [-0.4, -0.2) is 104 Å². The topological polar surface area (TPSA) is 100 Å². The molecule has 0 unspecified atom stereocenters. The van der Waals surface area contributed by atoms with Crippen molar-refractivity contribution in [3.8, 4) is 17.3 Å². The lowest BCUT2D eigenvalue weighted by Crippen LogP contribution is -2.43. The number of anilines is 1. The number of likely N-dealkylation sites (N-methyl/N-ethyl adjacent to an activating group) is 1. The minimum atomic E-state index is -1.45. The number of aromatic nitrogens is 5. The highest BCUT2D eigenvalue weighted by molar-refractivity contribution is 6.36. The van der Waals surface area contributed by atoms with Gasteiger partial charge in [0.05, 0.1) is 29.2 Å². The van der Waals surface area contributed by atoms with Crippen molar-refractivity contribution in [2.45, 2.75) is 50.1 Å². The van der Waals surface area contributed by atoms with Crippen LogP contribution in [0.25, 0.3) is 39.0 Å². The highest BCUT2D eigenvalue weighted by Crippen LogP contribution is 2.41. The molecule has 0 aliphatic carbocycles. The van der Waals surface area contributed by atoms with Crippen molar-refractivity contribution >= 4 is 51.1 Å². The molecule has 1 amide bonds. The van der Waals surface area contributed by atoms with Crippen molar-refractivity contribution in [2.24, 2.45) is 0 Å². The largest absolute Gasteiger partial charge is 0.461 e. The number of carbonyl (C=O) groups excluding carboxylic acids is 1. The Bertz CT molecular complexity index is 2220. The SMILES string of the molecule is Cc1nccc(/C=C/C(=O)N2C[C@@H](F)[C@H](N(C)c3nc(OC[C@@]45CCCN4C[C@H](F)C5)nc4c(F)c(-c5cccc6cccc(Cl)c56)ncc34)C2)n1. The van der Waals surface area contributed by atoms with Gasteiger partial charge in [-0.05, 0) is 49.9 Å². The zero-order valence-electron chi connectivity index (χ0n) is 28.6. The van der Waals surface area contributed by atoms with Gasteiger partial charge in [0.1, 0.15) is 41.8 Å². The van der Waals surface area contributed by atoms with Crippen molar-refractivity contribution in [3.63, 3.8) is 0 Å². The van der Waals surface area contributed by atoms with Crippen molar-refractivity contribution in [2.75, 3.05) is 44.7 Å². The highest BCUT2D eigenvalue weighted by atomic mass is 35.5. The summed E-state index contributed by atoms with van der Waals surface area (Å²) in [6.07, 6.45) is 5.61. The number of rotatable bonds is 8. The fourth-order valence-electron chi connectivity index (χ4n) is 7.96. The number of alkyl halides is 2. The summed E-state index contributed by atoms with van der Waals surface area (Å²) in [6.45, 7) is 2.89. The Morgan fingerprint density at radius 1 is 1.10 bits per heavy atom. The molecule has 8 rings (SSSR count). The first-order valence-electron chi connectivity index (χ1n) is 17.3. The number of aryl methyl sites for hydroxylation is 1. The first-order valence-corrected chi connectivity index (χ1v) is 17.7. The summed E-state index contributed by atoms with van der Waals surface area (Å²) in [6, 6.07) is 11.6. The molecule has 14 heteroatoms. The van der Waals surface area contributed by atoms with Crippen molar-refractivity contribution in [1.29, 1.82) is 0 Å². The second-order valence-electron chi connectivity index (χ2n) is 13.8. The van der Waals surface area contributed by atoms with E-state index < -0.39 is 29.7 Å². The number of amides is 1. The van der Waals surface area contributed by atoms with E-state index in [2.05, 4.69) is 29.8 Å². The Hall–Kier alpha value is -4.88. The maximum Gasteiger partial charge on any atom is 0.319 e. The predicted molar refractivity (Wildman–Crippen MR) is 193 cm³/mol. The molecule has 3 fully saturated rings. The monoisotopic (exact) mass is 728 g/mol. The lowest BCUT2D eigenvalue weighted by atomic mass is 9.95. The Morgan fingerprint density at radius 3 is 2.75 bits per heavy atom. The molecule has 3 aromatic heterocycles. The van der Waals surface area contributed by atoms with Gasteiger partial charge < -0.3 is 14.5 Å². The van der Waals surface area contributed by atoms with E-state index in [9.17, 15) is 9.18 Å². The Labute approximate surface area is 303 Å². The fourth-order valence-corrected chi connectivity index (χ4v) is 8.25. The number of hydrogen-bond acceptors (Lipinski definition) is 9. The summed E-state index contributed by atoms with van der Waals surface area (Å²) in [5, 5.41) is 2.14. The second kappa shape index (κ2) is 13.6. The first-order chi connectivity index (χ1) is 25.1. The maximum atomic E-state index is 16.8. The van der Waals surface area contributed by atoms with E-state index in [1.807, 2.05) is 18.2 Å². The summed E-state index contributed by atoms with van der Waals surface area (Å²) >= 11 is 6.60. The molecule has 5 aromatic rings. The lowest BCUT2D eigenvalue weighted by Gasteiger charge is -2.31. The number of halogens is 4. The predicted octanol–water partition coefficient (Wildman–Crippen LogP) is 6.39. The van der Waals surface area contributed by atoms with Crippen LogP contribution in [0, 0.1) is 12.7 Å². The summed E-state index contributed by atoms with van der Waals surface area (Å²) in [5.74, 6) is -0.336. The van der Waals surface area contributed by atoms with Gasteiger partial charge in [-0.2, -0.15) is 9.97 Å². The minimum absolute atomic E-state index is 0.0350. The van der Waals surface area contributed by atoms with Crippen LogP contribution >= 0.6 is 11.6 Å². The van der Waals surface area contributed by atoms with E-state index in [4.69, 9.17) is 16.3 Å². The Morgan fingerprint density at radius 2 is 1.92 bits per heavy atom. The minimum Gasteiger partial charge on any atom is -0.461 e. The Balaban J connectivity index is 1.16. The first kappa shape index (κ1) is 34.2. The van der Waals surface area contributed by atoms with Crippen LogP contribution in [0.1, 0.15) is 30.8 Å². The number of nitrogens with zero attached hydrogens (tertiary/aromatic N) is 8. The second-order valence-corrected chi connectivity index (χ2v) is 14.2. The molecule has 10 nitrogen and oxygen atoms in total. The average Bonchev–Trinajstić information content (AvgIpc) is 3.81. The molecule has 268 valence electrons. The molecule has 0 radical (unpaired) electrons. The van der Waals surface area contributed by atoms with E-state index in [1.54, 1.807) is 55.4 Å². The van der Waals surface area contributed by atoms with Crippen LogP contribution in [0.2, 0.25) is 5.02 Å². The summed E-state index contributed by atoms with van der Waals surface area (Å²) < 4.78 is 53.5. The van der Waals surface area contributed by atoms with E-state index in [0.29, 0.717) is 40.5 Å². The van der Waals surface area contributed by atoms with Gasteiger partial charge >= 0.3 is 6.01 Å². The lowest BCUT2D eigenvalue weighted by molar-refractivity contribution is -0.125. The molecule has 2 aromatic carbocycles.